The fourth-order valence-electron chi connectivity index (χ4n) is 2.78. The van der Waals surface area contributed by atoms with Gasteiger partial charge in [-0.25, -0.2) is 13.1 Å². The third kappa shape index (κ3) is 3.15. The molecular weight excluding hydrogens is 290 g/mol. The average Bonchev–Trinajstić information content (AvgIpc) is 2.80. The van der Waals surface area contributed by atoms with E-state index >= 15 is 0 Å². The van der Waals surface area contributed by atoms with Gasteiger partial charge in [-0.15, -0.1) is 0 Å². The summed E-state index contributed by atoms with van der Waals surface area (Å²) in [5.41, 5.74) is 0.559. The van der Waals surface area contributed by atoms with Crippen LogP contribution in [0.3, 0.4) is 0 Å². The number of rotatable bonds is 7. The van der Waals surface area contributed by atoms with Crippen LogP contribution in [0.2, 0.25) is 0 Å². The Morgan fingerprint density at radius 2 is 2.10 bits per heavy atom. The van der Waals surface area contributed by atoms with Gasteiger partial charge in [-0.2, -0.15) is 0 Å². The maximum Gasteiger partial charge on any atom is 0.242 e. The van der Waals surface area contributed by atoms with Crippen molar-refractivity contribution in [3.05, 3.63) is 18.0 Å². The molecule has 0 unspecified atom stereocenters. The van der Waals surface area contributed by atoms with Crippen LogP contribution >= 0.6 is 0 Å². The van der Waals surface area contributed by atoms with Crippen molar-refractivity contribution >= 4 is 10.0 Å². The third-order valence-electron chi connectivity index (χ3n) is 4.60. The summed E-state index contributed by atoms with van der Waals surface area (Å²) in [5.74, 6) is 0. The molecule has 1 saturated carbocycles. The van der Waals surface area contributed by atoms with Crippen molar-refractivity contribution in [3.8, 4) is 0 Å². The molecular formula is C14H25N3O3S. The van der Waals surface area contributed by atoms with Crippen LogP contribution in [0.1, 0.15) is 31.9 Å². The predicted molar refractivity (Wildman–Crippen MR) is 81.5 cm³/mol. The van der Waals surface area contributed by atoms with Crippen molar-refractivity contribution in [2.45, 2.75) is 49.8 Å². The Morgan fingerprint density at radius 1 is 1.43 bits per heavy atom. The van der Waals surface area contributed by atoms with E-state index in [9.17, 15) is 13.5 Å². The molecule has 0 aromatic carbocycles. The topological polar surface area (TPSA) is 74.6 Å². The second kappa shape index (κ2) is 6.08. The molecule has 0 radical (unpaired) electrons. The number of aliphatic hydroxyl groups is 1. The molecule has 0 bridgehead atoms. The van der Waals surface area contributed by atoms with Gasteiger partial charge in [0, 0.05) is 30.5 Å². The van der Waals surface area contributed by atoms with Crippen molar-refractivity contribution in [2.24, 2.45) is 0 Å². The number of sulfonamides is 1. The molecule has 120 valence electrons. The number of aryl methyl sites for hydroxylation is 1. The molecule has 6 nitrogen and oxygen atoms in total. The van der Waals surface area contributed by atoms with E-state index in [2.05, 4.69) is 9.62 Å². The lowest BCUT2D eigenvalue weighted by Gasteiger charge is -2.47. The van der Waals surface area contributed by atoms with Gasteiger partial charge in [-0.3, -0.25) is 0 Å². The molecule has 1 aromatic heterocycles. The number of hydrogen-bond donors (Lipinski definition) is 2. The zero-order chi connectivity index (χ0) is 15.7. The van der Waals surface area contributed by atoms with Crippen LogP contribution in [-0.2, 0) is 23.2 Å². The Bertz CT molecular complexity index is 567. The van der Waals surface area contributed by atoms with Gasteiger partial charge in [-0.05, 0) is 46.3 Å². The zero-order valence-electron chi connectivity index (χ0n) is 13.0. The van der Waals surface area contributed by atoms with Gasteiger partial charge in [0.1, 0.15) is 0 Å². The molecule has 0 saturated heterocycles. The molecule has 0 spiro atoms. The fraction of sp³-hybridized carbons (Fsp3) is 0.714. The maximum absolute atomic E-state index is 12.4. The Balaban J connectivity index is 2.13. The van der Waals surface area contributed by atoms with E-state index in [1.165, 1.54) is 6.07 Å². The lowest BCUT2D eigenvalue weighted by Crippen LogP contribution is -2.57. The van der Waals surface area contributed by atoms with E-state index in [1.807, 2.05) is 21.0 Å². The summed E-state index contributed by atoms with van der Waals surface area (Å²) >= 11 is 0. The summed E-state index contributed by atoms with van der Waals surface area (Å²) in [5, 5.41) is 9.27. The largest absolute Gasteiger partial charge is 0.390 e. The van der Waals surface area contributed by atoms with Gasteiger partial charge in [0.05, 0.1) is 11.5 Å². The van der Waals surface area contributed by atoms with Gasteiger partial charge in [0.2, 0.25) is 10.0 Å². The van der Waals surface area contributed by atoms with Crippen LogP contribution in [0.5, 0.6) is 0 Å². The second-order valence-corrected chi connectivity index (χ2v) is 7.68. The summed E-state index contributed by atoms with van der Waals surface area (Å²) in [6.45, 7) is 2.81. The molecule has 0 aliphatic heterocycles. The van der Waals surface area contributed by atoms with E-state index in [4.69, 9.17) is 0 Å². The highest BCUT2D eigenvalue weighted by molar-refractivity contribution is 7.89. The highest BCUT2D eigenvalue weighted by atomic mass is 32.2. The van der Waals surface area contributed by atoms with Crippen molar-refractivity contribution < 1.29 is 13.5 Å². The van der Waals surface area contributed by atoms with Gasteiger partial charge in [-0.1, -0.05) is 0 Å². The predicted octanol–water partition coefficient (Wildman–Crippen LogP) is 0.763. The van der Waals surface area contributed by atoms with Gasteiger partial charge in [0.15, 0.2) is 0 Å². The second-order valence-electron chi connectivity index (χ2n) is 5.91. The monoisotopic (exact) mass is 315 g/mol. The summed E-state index contributed by atoms with van der Waals surface area (Å²) in [4.78, 5) is 2.33. The zero-order valence-corrected chi connectivity index (χ0v) is 13.8. The first-order chi connectivity index (χ1) is 9.84. The van der Waals surface area contributed by atoms with E-state index in [0.717, 1.165) is 19.3 Å². The third-order valence-corrected chi connectivity index (χ3v) is 5.97. The standard InChI is InChI=1S/C14H25N3O3S/c1-4-17-9-13(8-12(17)10-18)21(19,20)15-11-14(16(2)3)6-5-7-14/h8-9,15,18H,4-7,10-11H2,1-3H3. The van der Waals surface area contributed by atoms with E-state index < -0.39 is 10.0 Å². The molecule has 2 rings (SSSR count). The Labute approximate surface area is 126 Å². The van der Waals surface area contributed by atoms with Crippen LogP contribution in [0.4, 0.5) is 0 Å². The molecule has 1 heterocycles. The fourth-order valence-corrected chi connectivity index (χ4v) is 3.96. The van der Waals surface area contributed by atoms with Crippen molar-refractivity contribution in [1.29, 1.82) is 0 Å². The minimum atomic E-state index is -3.53. The van der Waals surface area contributed by atoms with Crippen molar-refractivity contribution in [1.82, 2.24) is 14.2 Å². The quantitative estimate of drug-likeness (QED) is 0.779. The van der Waals surface area contributed by atoms with E-state index in [-0.39, 0.29) is 17.0 Å². The summed E-state index contributed by atoms with van der Waals surface area (Å²) in [7, 11) is 0.448. The van der Waals surface area contributed by atoms with E-state index in [0.29, 0.717) is 18.8 Å². The Morgan fingerprint density at radius 3 is 2.48 bits per heavy atom. The average molecular weight is 315 g/mol. The van der Waals surface area contributed by atoms with Crippen LogP contribution in [0.25, 0.3) is 0 Å². The molecule has 21 heavy (non-hydrogen) atoms. The number of likely N-dealkylation sites (N-methyl/N-ethyl adjacent to an activating group) is 1. The summed E-state index contributed by atoms with van der Waals surface area (Å²) < 4.78 is 29.3. The molecule has 1 aromatic rings. The lowest BCUT2D eigenvalue weighted by atomic mass is 9.76. The number of nitrogens with one attached hydrogen (secondary N) is 1. The SMILES string of the molecule is CCn1cc(S(=O)(=O)NCC2(N(C)C)CCC2)cc1CO. The smallest absolute Gasteiger partial charge is 0.242 e. The first-order valence-corrected chi connectivity index (χ1v) is 8.80. The molecule has 1 fully saturated rings. The molecule has 2 N–H and O–H groups in total. The van der Waals surface area contributed by atoms with Crippen LogP contribution < -0.4 is 4.72 Å². The first-order valence-electron chi connectivity index (χ1n) is 7.31. The van der Waals surface area contributed by atoms with Crippen LogP contribution in [0, 0.1) is 0 Å². The number of aliphatic hydroxyl groups excluding tert-OH is 1. The van der Waals surface area contributed by atoms with Crippen LogP contribution in [-0.4, -0.2) is 49.2 Å². The molecule has 0 amide bonds. The number of nitrogens with zero attached hydrogens (tertiary/aromatic N) is 2. The molecule has 1 aliphatic rings. The summed E-state index contributed by atoms with van der Waals surface area (Å²) in [6.07, 6.45) is 4.75. The van der Waals surface area contributed by atoms with Gasteiger partial charge in [0.25, 0.3) is 0 Å². The minimum absolute atomic E-state index is 0.0554. The maximum atomic E-state index is 12.4. The normalized spacial score (nSPS) is 18.0. The van der Waals surface area contributed by atoms with Gasteiger partial charge >= 0.3 is 0 Å². The minimum Gasteiger partial charge on any atom is -0.390 e. The van der Waals surface area contributed by atoms with Crippen molar-refractivity contribution in [2.75, 3.05) is 20.6 Å². The van der Waals surface area contributed by atoms with Gasteiger partial charge < -0.3 is 14.6 Å². The highest BCUT2D eigenvalue weighted by Crippen LogP contribution is 2.35. The summed E-state index contributed by atoms with van der Waals surface area (Å²) in [6, 6.07) is 1.54. The molecule has 0 atom stereocenters. The Kier molecular flexibility index (Phi) is 4.77. The highest BCUT2D eigenvalue weighted by Gasteiger charge is 2.39. The van der Waals surface area contributed by atoms with Crippen molar-refractivity contribution in [3.63, 3.8) is 0 Å². The molecule has 7 heteroatoms. The Hall–Kier alpha value is -0.890. The van der Waals surface area contributed by atoms with E-state index in [1.54, 1.807) is 10.8 Å². The number of aromatic nitrogens is 1. The lowest BCUT2D eigenvalue weighted by molar-refractivity contribution is 0.0657. The van der Waals surface area contributed by atoms with Crippen LogP contribution in [0.15, 0.2) is 17.2 Å². The first kappa shape index (κ1) is 16.5. The number of hydrogen-bond acceptors (Lipinski definition) is 4. The molecule has 1 aliphatic carbocycles.